The van der Waals surface area contributed by atoms with E-state index in [0.29, 0.717) is 13.1 Å². The van der Waals surface area contributed by atoms with Gasteiger partial charge in [-0.25, -0.2) is 0 Å². The highest BCUT2D eigenvalue weighted by Gasteiger charge is 2.34. The summed E-state index contributed by atoms with van der Waals surface area (Å²) in [6.07, 6.45) is 3.68. The molecule has 0 fully saturated rings. The molecule has 0 spiro atoms. The lowest BCUT2D eigenvalue weighted by molar-refractivity contribution is -0.131. The zero-order valence-corrected chi connectivity index (χ0v) is 13.0. The third-order valence-corrected chi connectivity index (χ3v) is 4.03. The molecule has 1 aromatic carbocycles. The molecule has 0 atom stereocenters. The molecule has 0 aliphatic rings. The second-order valence-electron chi connectivity index (χ2n) is 5.59. The van der Waals surface area contributed by atoms with Gasteiger partial charge < -0.3 is 11.1 Å². The van der Waals surface area contributed by atoms with Gasteiger partial charge in [0.15, 0.2) is 0 Å². The number of nitrogens with two attached hydrogens (primary N) is 1. The Labute approximate surface area is 122 Å². The molecule has 0 bridgehead atoms. The number of carbonyl (C=O) groups is 1. The number of rotatable bonds is 8. The molecule has 0 aliphatic carbocycles. The molecule has 1 aromatic rings. The summed E-state index contributed by atoms with van der Waals surface area (Å²) in [6, 6.07) is 8.14. The molecule has 1 amide bonds. The molecule has 0 aliphatic heterocycles. The van der Waals surface area contributed by atoms with E-state index in [-0.39, 0.29) is 5.91 Å². The van der Waals surface area contributed by atoms with Crippen LogP contribution in [-0.2, 0) is 11.3 Å². The van der Waals surface area contributed by atoms with Crippen molar-refractivity contribution in [2.75, 3.05) is 6.54 Å². The average molecular weight is 276 g/mol. The van der Waals surface area contributed by atoms with Gasteiger partial charge in [-0.05, 0) is 30.9 Å². The fraction of sp³-hybridized carbons (Fsp3) is 0.588. The Bertz CT molecular complexity index is 423. The molecule has 3 nitrogen and oxygen atoms in total. The van der Waals surface area contributed by atoms with E-state index < -0.39 is 5.41 Å². The first-order valence-corrected chi connectivity index (χ1v) is 7.62. The van der Waals surface area contributed by atoms with Crippen LogP contribution in [0.5, 0.6) is 0 Å². The number of aryl methyl sites for hydroxylation is 1. The molecule has 3 heteroatoms. The number of amides is 1. The lowest BCUT2D eigenvalue weighted by Crippen LogP contribution is -2.45. The Hall–Kier alpha value is -1.35. The zero-order chi connectivity index (χ0) is 15.0. The Balaban J connectivity index is 2.74. The number of carbonyl (C=O) groups excluding carboxylic acids is 1. The molecule has 1 rings (SSSR count). The van der Waals surface area contributed by atoms with E-state index in [1.807, 2.05) is 12.1 Å². The van der Waals surface area contributed by atoms with E-state index in [1.54, 1.807) is 0 Å². The third-order valence-electron chi connectivity index (χ3n) is 4.03. The number of hydrogen-bond acceptors (Lipinski definition) is 2. The molecule has 112 valence electrons. The van der Waals surface area contributed by atoms with Crippen molar-refractivity contribution >= 4 is 5.91 Å². The first-order chi connectivity index (χ1) is 9.59. The highest BCUT2D eigenvalue weighted by atomic mass is 16.2. The van der Waals surface area contributed by atoms with Crippen LogP contribution < -0.4 is 11.1 Å². The summed E-state index contributed by atoms with van der Waals surface area (Å²) in [7, 11) is 0. The lowest BCUT2D eigenvalue weighted by Gasteiger charge is -2.30. The molecule has 0 saturated heterocycles. The summed E-state index contributed by atoms with van der Waals surface area (Å²) in [4.78, 5) is 12.6. The van der Waals surface area contributed by atoms with Crippen molar-refractivity contribution in [1.82, 2.24) is 5.32 Å². The van der Waals surface area contributed by atoms with Gasteiger partial charge in [-0.15, -0.1) is 0 Å². The van der Waals surface area contributed by atoms with Crippen molar-refractivity contribution in [2.45, 2.75) is 53.0 Å². The minimum atomic E-state index is -0.397. The number of nitrogens with one attached hydrogen (secondary N) is 1. The van der Waals surface area contributed by atoms with Crippen molar-refractivity contribution in [3.8, 4) is 0 Å². The summed E-state index contributed by atoms with van der Waals surface area (Å²) in [5, 5.41) is 3.08. The second-order valence-corrected chi connectivity index (χ2v) is 5.59. The maximum Gasteiger partial charge on any atom is 0.227 e. The largest absolute Gasteiger partial charge is 0.351 e. The number of hydrogen-bond donors (Lipinski definition) is 2. The molecule has 0 aromatic heterocycles. The van der Waals surface area contributed by atoms with Crippen molar-refractivity contribution in [3.63, 3.8) is 0 Å². The van der Waals surface area contributed by atoms with Crippen molar-refractivity contribution in [1.29, 1.82) is 0 Å². The Morgan fingerprint density at radius 3 is 2.30 bits per heavy atom. The van der Waals surface area contributed by atoms with E-state index in [4.69, 9.17) is 5.73 Å². The predicted octanol–water partition coefficient (Wildman–Crippen LogP) is 3.16. The minimum Gasteiger partial charge on any atom is -0.351 e. The zero-order valence-electron chi connectivity index (χ0n) is 13.0. The summed E-state index contributed by atoms with van der Waals surface area (Å²) in [5.41, 5.74) is 7.89. The van der Waals surface area contributed by atoms with Gasteiger partial charge in [0.25, 0.3) is 0 Å². The second kappa shape index (κ2) is 8.05. The van der Waals surface area contributed by atoms with Crippen LogP contribution >= 0.6 is 0 Å². The van der Waals surface area contributed by atoms with E-state index >= 15 is 0 Å². The highest BCUT2D eigenvalue weighted by molar-refractivity contribution is 5.82. The molecular formula is C17H28N2O. The molecule has 0 saturated carbocycles. The van der Waals surface area contributed by atoms with E-state index in [0.717, 1.165) is 25.7 Å². The first-order valence-electron chi connectivity index (χ1n) is 7.62. The van der Waals surface area contributed by atoms with Crippen LogP contribution in [0.25, 0.3) is 0 Å². The molecular weight excluding hydrogens is 248 g/mol. The summed E-state index contributed by atoms with van der Waals surface area (Å²) in [6.45, 7) is 7.29. The molecule has 3 N–H and O–H groups in total. The van der Waals surface area contributed by atoms with Gasteiger partial charge in [-0.3, -0.25) is 4.79 Å². The fourth-order valence-electron chi connectivity index (χ4n) is 2.78. The molecule has 0 heterocycles. The Kier molecular flexibility index (Phi) is 6.73. The fourth-order valence-corrected chi connectivity index (χ4v) is 2.78. The van der Waals surface area contributed by atoms with Gasteiger partial charge >= 0.3 is 0 Å². The normalized spacial score (nSPS) is 11.4. The van der Waals surface area contributed by atoms with Crippen LogP contribution in [0.4, 0.5) is 0 Å². The van der Waals surface area contributed by atoms with Crippen LogP contribution in [-0.4, -0.2) is 12.5 Å². The van der Waals surface area contributed by atoms with Crippen LogP contribution in [0, 0.1) is 12.3 Å². The smallest absolute Gasteiger partial charge is 0.227 e. The third kappa shape index (κ3) is 4.07. The SMILES string of the molecule is CCCC(CN)(CCC)C(=O)NCc1ccccc1C. The summed E-state index contributed by atoms with van der Waals surface area (Å²) >= 11 is 0. The van der Waals surface area contributed by atoms with E-state index in [1.165, 1.54) is 11.1 Å². The summed E-state index contributed by atoms with van der Waals surface area (Å²) in [5.74, 6) is 0.104. The van der Waals surface area contributed by atoms with E-state index in [9.17, 15) is 4.79 Å². The summed E-state index contributed by atoms with van der Waals surface area (Å²) < 4.78 is 0. The monoisotopic (exact) mass is 276 g/mol. The topological polar surface area (TPSA) is 55.1 Å². The van der Waals surface area contributed by atoms with Crippen molar-refractivity contribution in [3.05, 3.63) is 35.4 Å². The van der Waals surface area contributed by atoms with E-state index in [2.05, 4.69) is 38.2 Å². The first kappa shape index (κ1) is 16.7. The molecule has 0 unspecified atom stereocenters. The van der Waals surface area contributed by atoms with Crippen LogP contribution in [0.2, 0.25) is 0 Å². The standard InChI is InChI=1S/C17H28N2O/c1-4-10-17(13-18,11-5-2)16(20)19-12-15-9-7-6-8-14(15)3/h6-9H,4-5,10-13,18H2,1-3H3,(H,19,20). The maximum atomic E-state index is 12.6. The maximum absolute atomic E-state index is 12.6. The van der Waals surface area contributed by atoms with Crippen LogP contribution in [0.3, 0.4) is 0 Å². The van der Waals surface area contributed by atoms with Crippen LogP contribution in [0.15, 0.2) is 24.3 Å². The van der Waals surface area contributed by atoms with Gasteiger partial charge in [-0.2, -0.15) is 0 Å². The van der Waals surface area contributed by atoms with Gasteiger partial charge in [0.05, 0.1) is 5.41 Å². The Morgan fingerprint density at radius 1 is 1.20 bits per heavy atom. The van der Waals surface area contributed by atoms with Gasteiger partial charge in [0.1, 0.15) is 0 Å². The lowest BCUT2D eigenvalue weighted by atomic mass is 9.78. The van der Waals surface area contributed by atoms with Crippen molar-refractivity contribution in [2.24, 2.45) is 11.1 Å². The van der Waals surface area contributed by atoms with Gasteiger partial charge in [-0.1, -0.05) is 51.0 Å². The van der Waals surface area contributed by atoms with Gasteiger partial charge in [0, 0.05) is 13.1 Å². The quantitative estimate of drug-likeness (QED) is 0.766. The predicted molar refractivity (Wildman–Crippen MR) is 84.3 cm³/mol. The average Bonchev–Trinajstić information content (AvgIpc) is 2.45. The van der Waals surface area contributed by atoms with Crippen molar-refractivity contribution < 1.29 is 4.79 Å². The van der Waals surface area contributed by atoms with Crippen LogP contribution in [0.1, 0.15) is 50.7 Å². The minimum absolute atomic E-state index is 0.104. The Morgan fingerprint density at radius 2 is 1.80 bits per heavy atom. The molecule has 20 heavy (non-hydrogen) atoms. The van der Waals surface area contributed by atoms with Gasteiger partial charge in [0.2, 0.25) is 5.91 Å². The number of benzene rings is 1. The molecule has 0 radical (unpaired) electrons. The highest BCUT2D eigenvalue weighted by Crippen LogP contribution is 2.29.